The second kappa shape index (κ2) is 3.87. The molecule has 4 nitrogen and oxygen atoms in total. The Balaban J connectivity index is 2.28. The Labute approximate surface area is 71.7 Å². The maximum atomic E-state index is 10.8. The Kier molecular flexibility index (Phi) is 3.05. The Morgan fingerprint density at radius 1 is 1.75 bits per heavy atom. The van der Waals surface area contributed by atoms with Crippen molar-refractivity contribution in [3.63, 3.8) is 0 Å². The molecule has 1 rings (SSSR count). The van der Waals surface area contributed by atoms with Gasteiger partial charge in [0.2, 0.25) is 0 Å². The molecule has 1 aliphatic carbocycles. The molecule has 0 aromatic heterocycles. The number of hydrogen-bond donors (Lipinski definition) is 2. The van der Waals surface area contributed by atoms with Gasteiger partial charge in [-0.25, -0.2) is 4.79 Å². The van der Waals surface area contributed by atoms with E-state index >= 15 is 0 Å². The molecule has 0 bridgehead atoms. The summed E-state index contributed by atoms with van der Waals surface area (Å²) in [6.07, 6.45) is 1.90. The van der Waals surface area contributed by atoms with Gasteiger partial charge in [-0.05, 0) is 12.3 Å². The fourth-order valence-corrected chi connectivity index (χ4v) is 1.16. The van der Waals surface area contributed by atoms with Gasteiger partial charge in [-0.2, -0.15) is 0 Å². The molecule has 2 unspecified atom stereocenters. The first-order chi connectivity index (χ1) is 5.65. The largest absolute Gasteiger partial charge is 0.467 e. The number of nitrogens with two attached hydrogens (primary N) is 1. The number of ether oxygens (including phenoxy) is 1. The van der Waals surface area contributed by atoms with Gasteiger partial charge in [0.15, 0.2) is 6.10 Å². The molecule has 0 aromatic carbocycles. The molecule has 0 spiro atoms. The van der Waals surface area contributed by atoms with Crippen LogP contribution < -0.4 is 5.73 Å². The van der Waals surface area contributed by atoms with E-state index < -0.39 is 18.1 Å². The number of hydrogen-bond acceptors (Lipinski definition) is 4. The number of methoxy groups -OCH3 is 1. The van der Waals surface area contributed by atoms with Gasteiger partial charge in [0.1, 0.15) is 0 Å². The lowest BCUT2D eigenvalue weighted by Gasteiger charge is -2.15. The molecule has 0 aliphatic heterocycles. The summed E-state index contributed by atoms with van der Waals surface area (Å²) in [5, 5.41) is 9.26. The zero-order chi connectivity index (χ0) is 9.14. The van der Waals surface area contributed by atoms with E-state index in [-0.39, 0.29) is 0 Å². The van der Waals surface area contributed by atoms with Crippen molar-refractivity contribution in [3.05, 3.63) is 0 Å². The third kappa shape index (κ3) is 2.46. The molecule has 0 radical (unpaired) electrons. The van der Waals surface area contributed by atoms with Gasteiger partial charge >= 0.3 is 5.97 Å². The van der Waals surface area contributed by atoms with Crippen molar-refractivity contribution in [1.82, 2.24) is 0 Å². The van der Waals surface area contributed by atoms with Crippen LogP contribution in [0, 0.1) is 5.92 Å². The normalized spacial score (nSPS) is 21.6. The fraction of sp³-hybridized carbons (Fsp3) is 0.875. The van der Waals surface area contributed by atoms with Gasteiger partial charge < -0.3 is 15.6 Å². The zero-order valence-electron chi connectivity index (χ0n) is 7.19. The van der Waals surface area contributed by atoms with E-state index in [2.05, 4.69) is 4.74 Å². The van der Waals surface area contributed by atoms with Crippen molar-refractivity contribution in [2.24, 2.45) is 11.7 Å². The lowest BCUT2D eigenvalue weighted by molar-refractivity contribution is -0.151. The molecule has 4 heteroatoms. The minimum Gasteiger partial charge on any atom is -0.467 e. The molecule has 2 atom stereocenters. The van der Waals surface area contributed by atoms with E-state index in [1.165, 1.54) is 20.0 Å². The Morgan fingerprint density at radius 3 is 2.75 bits per heavy atom. The van der Waals surface area contributed by atoms with E-state index in [1.54, 1.807) is 0 Å². The van der Waals surface area contributed by atoms with E-state index in [1.807, 2.05) is 0 Å². The summed E-state index contributed by atoms with van der Waals surface area (Å²) in [4.78, 5) is 10.8. The Bertz CT molecular complexity index is 168. The van der Waals surface area contributed by atoms with Crippen LogP contribution in [0.1, 0.15) is 19.3 Å². The first kappa shape index (κ1) is 9.48. The van der Waals surface area contributed by atoms with E-state index in [0.29, 0.717) is 5.92 Å². The lowest BCUT2D eigenvalue weighted by atomic mass is 10.1. The quantitative estimate of drug-likeness (QED) is 0.570. The lowest BCUT2D eigenvalue weighted by Crippen LogP contribution is -2.41. The maximum absolute atomic E-state index is 10.8. The smallest absolute Gasteiger partial charge is 0.336 e. The highest BCUT2D eigenvalue weighted by Gasteiger charge is 2.30. The number of carbonyl (C=O) groups is 1. The monoisotopic (exact) mass is 173 g/mol. The SMILES string of the molecule is COC(=O)C(O)C(N)CC1CC1. The first-order valence-corrected chi connectivity index (χ1v) is 4.16. The Hall–Kier alpha value is -0.610. The molecule has 3 N–H and O–H groups in total. The summed E-state index contributed by atoms with van der Waals surface area (Å²) < 4.78 is 4.37. The van der Waals surface area contributed by atoms with Crippen molar-refractivity contribution < 1.29 is 14.6 Å². The topological polar surface area (TPSA) is 72.5 Å². The predicted molar refractivity (Wildman–Crippen MR) is 43.3 cm³/mol. The third-order valence-electron chi connectivity index (χ3n) is 2.15. The fourth-order valence-electron chi connectivity index (χ4n) is 1.16. The summed E-state index contributed by atoms with van der Waals surface area (Å²) in [5.74, 6) is -0.0255. The van der Waals surface area contributed by atoms with Crippen LogP contribution >= 0.6 is 0 Å². The van der Waals surface area contributed by atoms with Crippen molar-refractivity contribution in [2.75, 3.05) is 7.11 Å². The van der Waals surface area contributed by atoms with Crippen LogP contribution in [0.3, 0.4) is 0 Å². The first-order valence-electron chi connectivity index (χ1n) is 4.16. The minimum absolute atomic E-state index is 0.468. The van der Waals surface area contributed by atoms with Gasteiger partial charge in [-0.1, -0.05) is 12.8 Å². The van der Waals surface area contributed by atoms with Crippen LogP contribution in [-0.2, 0) is 9.53 Å². The van der Waals surface area contributed by atoms with Crippen LogP contribution in [0.4, 0.5) is 0 Å². The number of esters is 1. The molecule has 0 amide bonds. The highest BCUT2D eigenvalue weighted by molar-refractivity contribution is 5.75. The van der Waals surface area contributed by atoms with Crippen LogP contribution in [0.15, 0.2) is 0 Å². The van der Waals surface area contributed by atoms with E-state index in [0.717, 1.165) is 6.42 Å². The number of rotatable bonds is 4. The van der Waals surface area contributed by atoms with Gasteiger partial charge in [-0.3, -0.25) is 0 Å². The summed E-state index contributed by atoms with van der Waals surface area (Å²) in [6, 6.07) is -0.468. The summed E-state index contributed by atoms with van der Waals surface area (Å²) >= 11 is 0. The molecule has 0 saturated heterocycles. The number of aliphatic hydroxyl groups is 1. The molecule has 1 saturated carbocycles. The molecular weight excluding hydrogens is 158 g/mol. The highest BCUT2D eigenvalue weighted by Crippen LogP contribution is 2.33. The molecular formula is C8H15NO3. The zero-order valence-corrected chi connectivity index (χ0v) is 7.19. The molecule has 0 heterocycles. The third-order valence-corrected chi connectivity index (χ3v) is 2.15. The summed E-state index contributed by atoms with van der Waals surface area (Å²) in [6.45, 7) is 0. The van der Waals surface area contributed by atoms with Crippen molar-refractivity contribution in [3.8, 4) is 0 Å². The second-order valence-electron chi connectivity index (χ2n) is 3.31. The van der Waals surface area contributed by atoms with Gasteiger partial charge in [0, 0.05) is 6.04 Å². The van der Waals surface area contributed by atoms with E-state index in [4.69, 9.17) is 5.73 Å². The van der Waals surface area contributed by atoms with Crippen molar-refractivity contribution in [1.29, 1.82) is 0 Å². The highest BCUT2D eigenvalue weighted by atomic mass is 16.5. The molecule has 1 aliphatic rings. The number of carbonyl (C=O) groups excluding carboxylic acids is 1. The average molecular weight is 173 g/mol. The van der Waals surface area contributed by atoms with Crippen LogP contribution in [0.5, 0.6) is 0 Å². The van der Waals surface area contributed by atoms with Crippen LogP contribution in [-0.4, -0.2) is 30.3 Å². The summed E-state index contributed by atoms with van der Waals surface area (Å²) in [7, 11) is 1.25. The van der Waals surface area contributed by atoms with Crippen LogP contribution in [0.2, 0.25) is 0 Å². The van der Waals surface area contributed by atoms with Gasteiger partial charge in [0.25, 0.3) is 0 Å². The molecule has 0 aromatic rings. The minimum atomic E-state index is -1.16. The van der Waals surface area contributed by atoms with Crippen molar-refractivity contribution in [2.45, 2.75) is 31.4 Å². The molecule has 70 valence electrons. The molecule has 1 fully saturated rings. The number of aliphatic hydroxyl groups excluding tert-OH is 1. The van der Waals surface area contributed by atoms with Crippen molar-refractivity contribution >= 4 is 5.97 Å². The summed E-state index contributed by atoms with van der Waals surface area (Å²) in [5.41, 5.74) is 5.58. The van der Waals surface area contributed by atoms with E-state index in [9.17, 15) is 9.90 Å². The average Bonchev–Trinajstić information content (AvgIpc) is 2.85. The molecule has 12 heavy (non-hydrogen) atoms. The Morgan fingerprint density at radius 2 is 2.33 bits per heavy atom. The van der Waals surface area contributed by atoms with Gasteiger partial charge in [-0.15, -0.1) is 0 Å². The van der Waals surface area contributed by atoms with Gasteiger partial charge in [0.05, 0.1) is 7.11 Å². The maximum Gasteiger partial charge on any atom is 0.336 e. The second-order valence-corrected chi connectivity index (χ2v) is 3.31. The van der Waals surface area contributed by atoms with Crippen LogP contribution in [0.25, 0.3) is 0 Å². The standard InChI is InChI=1S/C8H15NO3/c1-12-8(11)7(10)6(9)4-5-2-3-5/h5-7,10H,2-4,9H2,1H3. The predicted octanol–water partition coefficient (Wildman–Crippen LogP) is -0.352.